The number of carbonyl (C=O) groups excluding carboxylic acids is 1. The van der Waals surface area contributed by atoms with E-state index in [-0.39, 0.29) is 5.78 Å². The van der Waals surface area contributed by atoms with Crippen LogP contribution in [0.5, 0.6) is 5.75 Å². The molecule has 1 aliphatic rings. The Labute approximate surface area is 106 Å². The number of carbonyl (C=O) groups is 1. The fraction of sp³-hybridized carbons (Fsp3) is 0.417. The zero-order chi connectivity index (χ0) is 12.5. The van der Waals surface area contributed by atoms with Crippen molar-refractivity contribution in [1.29, 1.82) is 0 Å². The van der Waals surface area contributed by atoms with Gasteiger partial charge in [0.15, 0.2) is 5.78 Å². The average Bonchev–Trinajstić information content (AvgIpc) is 2.61. The summed E-state index contributed by atoms with van der Waals surface area (Å²) < 4.78 is 5.52. The highest BCUT2D eigenvalue weighted by Gasteiger charge is 2.26. The molecule has 1 aliphatic carbocycles. The highest BCUT2D eigenvalue weighted by atomic mass is 32.5. The van der Waals surface area contributed by atoms with Crippen molar-refractivity contribution in [3.63, 3.8) is 0 Å². The zero-order valence-electron chi connectivity index (χ0n) is 9.68. The Morgan fingerprint density at radius 1 is 1.47 bits per heavy atom. The SMILES string of the molecule is CCCP(O)(=S)Oc1cccc2c1C(=O)CC2. The average molecular weight is 270 g/mol. The minimum Gasteiger partial charge on any atom is -0.443 e. The van der Waals surface area contributed by atoms with Crippen molar-refractivity contribution >= 4 is 24.1 Å². The highest BCUT2D eigenvalue weighted by Crippen LogP contribution is 2.46. The largest absolute Gasteiger partial charge is 0.443 e. The van der Waals surface area contributed by atoms with Gasteiger partial charge >= 0.3 is 0 Å². The molecule has 3 nitrogen and oxygen atoms in total. The van der Waals surface area contributed by atoms with Crippen LogP contribution in [0, 0.1) is 0 Å². The molecule has 0 aliphatic heterocycles. The molecule has 1 N–H and O–H groups in total. The molecule has 0 amide bonds. The number of Topliss-reactive ketones (excluding diaryl/α,β-unsaturated/α-hetero) is 1. The molecular weight excluding hydrogens is 255 g/mol. The van der Waals surface area contributed by atoms with Gasteiger partial charge in [0, 0.05) is 12.6 Å². The van der Waals surface area contributed by atoms with Crippen LogP contribution in [0.25, 0.3) is 0 Å². The smallest absolute Gasteiger partial charge is 0.235 e. The van der Waals surface area contributed by atoms with Gasteiger partial charge in [0.1, 0.15) is 5.75 Å². The van der Waals surface area contributed by atoms with E-state index in [1.54, 1.807) is 6.07 Å². The molecule has 0 spiro atoms. The first-order valence-electron chi connectivity index (χ1n) is 5.70. The number of benzene rings is 1. The maximum atomic E-state index is 11.7. The quantitative estimate of drug-likeness (QED) is 0.854. The molecule has 1 aromatic rings. The fourth-order valence-corrected chi connectivity index (χ4v) is 3.94. The molecule has 1 aromatic carbocycles. The predicted octanol–water partition coefficient (Wildman–Crippen LogP) is 2.91. The summed E-state index contributed by atoms with van der Waals surface area (Å²) in [6.07, 6.45) is 2.53. The maximum absolute atomic E-state index is 11.7. The van der Waals surface area contributed by atoms with E-state index < -0.39 is 6.49 Å². The maximum Gasteiger partial charge on any atom is 0.235 e. The summed E-state index contributed by atoms with van der Waals surface area (Å²) in [6, 6.07) is 5.48. The Morgan fingerprint density at radius 2 is 2.24 bits per heavy atom. The van der Waals surface area contributed by atoms with Crippen molar-refractivity contribution in [3.05, 3.63) is 29.3 Å². The fourth-order valence-electron chi connectivity index (χ4n) is 2.03. The summed E-state index contributed by atoms with van der Waals surface area (Å²) in [4.78, 5) is 21.7. The van der Waals surface area contributed by atoms with Gasteiger partial charge < -0.3 is 9.42 Å². The lowest BCUT2D eigenvalue weighted by molar-refractivity contribution is 0.0993. The van der Waals surface area contributed by atoms with E-state index in [4.69, 9.17) is 16.3 Å². The summed E-state index contributed by atoms with van der Waals surface area (Å²) in [5.74, 6) is 0.548. The number of hydrogen-bond donors (Lipinski definition) is 1. The van der Waals surface area contributed by atoms with Gasteiger partial charge in [0.2, 0.25) is 6.49 Å². The van der Waals surface area contributed by atoms with E-state index in [1.165, 1.54) is 0 Å². The zero-order valence-corrected chi connectivity index (χ0v) is 11.4. The molecule has 92 valence electrons. The monoisotopic (exact) mass is 270 g/mol. The Kier molecular flexibility index (Phi) is 3.67. The first-order valence-corrected chi connectivity index (χ1v) is 8.56. The van der Waals surface area contributed by atoms with Crippen LogP contribution >= 0.6 is 6.49 Å². The van der Waals surface area contributed by atoms with Crippen LogP contribution in [0.3, 0.4) is 0 Å². The van der Waals surface area contributed by atoms with E-state index in [2.05, 4.69) is 0 Å². The second kappa shape index (κ2) is 4.89. The second-order valence-corrected chi connectivity index (χ2v) is 7.78. The number of aryl methyl sites for hydroxylation is 1. The minimum atomic E-state index is -2.79. The molecular formula is C12H15O3PS. The molecule has 17 heavy (non-hydrogen) atoms. The normalized spacial score (nSPS) is 17.6. The van der Waals surface area contributed by atoms with E-state index in [9.17, 15) is 9.69 Å². The van der Waals surface area contributed by atoms with Crippen molar-refractivity contribution < 1.29 is 14.2 Å². The van der Waals surface area contributed by atoms with Gasteiger partial charge in [-0.05, 0) is 36.3 Å². The third-order valence-electron chi connectivity index (χ3n) is 2.76. The molecule has 1 atom stereocenters. The van der Waals surface area contributed by atoms with Crippen LogP contribution in [0.4, 0.5) is 0 Å². The number of hydrogen-bond acceptors (Lipinski definition) is 3. The van der Waals surface area contributed by atoms with Crippen LogP contribution < -0.4 is 4.52 Å². The third kappa shape index (κ3) is 2.76. The first-order chi connectivity index (χ1) is 8.03. The highest BCUT2D eigenvalue weighted by molar-refractivity contribution is 8.09. The van der Waals surface area contributed by atoms with Gasteiger partial charge in [0.05, 0.1) is 5.56 Å². The third-order valence-corrected chi connectivity index (χ3v) is 5.03. The van der Waals surface area contributed by atoms with Crippen LogP contribution in [-0.4, -0.2) is 16.8 Å². The van der Waals surface area contributed by atoms with Gasteiger partial charge in [-0.2, -0.15) is 0 Å². The summed E-state index contributed by atoms with van der Waals surface area (Å²) in [7, 11) is 0. The molecule has 1 unspecified atom stereocenters. The minimum absolute atomic E-state index is 0.0853. The van der Waals surface area contributed by atoms with Gasteiger partial charge in [-0.1, -0.05) is 19.1 Å². The van der Waals surface area contributed by atoms with Crippen molar-refractivity contribution in [2.75, 3.05) is 6.16 Å². The standard InChI is InChI=1S/C12H15O3PS/c1-2-8-16(14,17)15-11-5-3-4-9-6-7-10(13)12(9)11/h3-5H,2,6-8H2,1H3,(H,14,17). The van der Waals surface area contributed by atoms with E-state index >= 15 is 0 Å². The Morgan fingerprint density at radius 3 is 2.94 bits per heavy atom. The van der Waals surface area contributed by atoms with Crippen molar-refractivity contribution in [2.24, 2.45) is 0 Å². The topological polar surface area (TPSA) is 46.5 Å². The number of rotatable bonds is 4. The molecule has 0 saturated carbocycles. The van der Waals surface area contributed by atoms with E-state index in [0.717, 1.165) is 18.4 Å². The van der Waals surface area contributed by atoms with Crippen molar-refractivity contribution in [3.8, 4) is 5.75 Å². The van der Waals surface area contributed by atoms with Crippen LogP contribution in [-0.2, 0) is 18.2 Å². The second-order valence-electron chi connectivity index (χ2n) is 4.17. The molecule has 0 bridgehead atoms. The van der Waals surface area contributed by atoms with E-state index in [0.29, 0.717) is 23.9 Å². The van der Waals surface area contributed by atoms with Crippen LogP contribution in [0.1, 0.15) is 35.7 Å². The Hall–Kier alpha value is -0.700. The summed E-state index contributed by atoms with van der Waals surface area (Å²) in [6.45, 7) is -0.846. The molecule has 0 radical (unpaired) electrons. The molecule has 0 saturated heterocycles. The Bertz CT molecular complexity index is 499. The number of fused-ring (bicyclic) bond motifs is 1. The lowest BCUT2D eigenvalue weighted by Crippen LogP contribution is -2.01. The van der Waals surface area contributed by atoms with Gasteiger partial charge in [-0.25, -0.2) is 0 Å². The van der Waals surface area contributed by atoms with Crippen molar-refractivity contribution in [1.82, 2.24) is 0 Å². The molecule has 0 heterocycles. The first kappa shape index (κ1) is 12.7. The summed E-state index contributed by atoms with van der Waals surface area (Å²) in [5.41, 5.74) is 1.62. The Balaban J connectivity index is 2.32. The lowest BCUT2D eigenvalue weighted by Gasteiger charge is -2.18. The molecule has 5 heteroatoms. The summed E-state index contributed by atoms with van der Waals surface area (Å²) in [5, 5.41) is 0. The van der Waals surface area contributed by atoms with Crippen molar-refractivity contribution in [2.45, 2.75) is 26.2 Å². The van der Waals surface area contributed by atoms with Gasteiger partial charge in [-0.15, -0.1) is 0 Å². The van der Waals surface area contributed by atoms with Gasteiger partial charge in [-0.3, -0.25) is 4.79 Å². The predicted molar refractivity (Wildman–Crippen MR) is 71.4 cm³/mol. The lowest BCUT2D eigenvalue weighted by atomic mass is 10.1. The number of ketones is 1. The van der Waals surface area contributed by atoms with Gasteiger partial charge in [0.25, 0.3) is 0 Å². The summed E-state index contributed by atoms with van der Waals surface area (Å²) >= 11 is 5.07. The van der Waals surface area contributed by atoms with E-state index in [1.807, 2.05) is 19.1 Å². The van der Waals surface area contributed by atoms with Crippen LogP contribution in [0.2, 0.25) is 0 Å². The molecule has 2 rings (SSSR count). The molecule has 0 aromatic heterocycles. The van der Waals surface area contributed by atoms with Crippen LogP contribution in [0.15, 0.2) is 18.2 Å². The molecule has 0 fully saturated rings.